The molecule has 0 aromatic heterocycles. The quantitative estimate of drug-likeness (QED) is 0.800. The number of fused-ring (bicyclic) bond motifs is 1. The Bertz CT molecular complexity index is 982. The van der Waals surface area contributed by atoms with Crippen LogP contribution in [0.25, 0.3) is 6.08 Å². The number of hydrogen-bond donors (Lipinski definition) is 0. The number of carbonyl (C=O) groups is 1. The van der Waals surface area contributed by atoms with Crippen molar-refractivity contribution < 1.29 is 17.9 Å². The summed E-state index contributed by atoms with van der Waals surface area (Å²) in [6.45, 7) is 0.835. The summed E-state index contributed by atoms with van der Waals surface area (Å²) in [5, 5.41) is -0.561. The highest BCUT2D eigenvalue weighted by molar-refractivity contribution is 7.91. The van der Waals surface area contributed by atoms with Gasteiger partial charge in [0.25, 0.3) is 5.91 Å². The fourth-order valence-electron chi connectivity index (χ4n) is 3.63. The topological polar surface area (TPSA) is 63.7 Å². The summed E-state index contributed by atoms with van der Waals surface area (Å²) in [7, 11) is -3.30. The number of hydrogen-bond acceptors (Lipinski definition) is 4. The molecule has 1 amide bonds. The van der Waals surface area contributed by atoms with Gasteiger partial charge < -0.3 is 9.64 Å². The van der Waals surface area contributed by atoms with Crippen LogP contribution >= 0.6 is 0 Å². The normalized spacial score (nSPS) is 21.4. The summed E-state index contributed by atoms with van der Waals surface area (Å²) in [6, 6.07) is 16.8. The zero-order valence-corrected chi connectivity index (χ0v) is 15.7. The molecule has 27 heavy (non-hydrogen) atoms. The van der Waals surface area contributed by atoms with Crippen LogP contribution in [0, 0.1) is 0 Å². The van der Waals surface area contributed by atoms with Crippen LogP contribution < -0.4 is 4.74 Å². The van der Waals surface area contributed by atoms with E-state index in [4.69, 9.17) is 4.74 Å². The van der Waals surface area contributed by atoms with Crippen molar-refractivity contribution in [2.24, 2.45) is 0 Å². The van der Waals surface area contributed by atoms with E-state index in [1.165, 1.54) is 0 Å². The molecule has 0 bridgehead atoms. The number of rotatable bonds is 2. The molecule has 1 atom stereocenters. The van der Waals surface area contributed by atoms with Crippen LogP contribution in [-0.2, 0) is 14.6 Å². The molecule has 6 heteroatoms. The molecule has 0 N–H and O–H groups in total. The van der Waals surface area contributed by atoms with Crippen LogP contribution in [0.5, 0.6) is 5.75 Å². The van der Waals surface area contributed by atoms with Crippen LogP contribution in [0.15, 0.2) is 60.2 Å². The van der Waals surface area contributed by atoms with Gasteiger partial charge in [0, 0.05) is 18.7 Å². The maximum Gasteiger partial charge on any atom is 0.253 e. The second-order valence-electron chi connectivity index (χ2n) is 6.84. The lowest BCUT2D eigenvalue weighted by atomic mass is 10.1. The summed E-state index contributed by atoms with van der Waals surface area (Å²) in [5.41, 5.74) is 2.22. The molecule has 0 aliphatic carbocycles. The number of sulfone groups is 1. The van der Waals surface area contributed by atoms with Gasteiger partial charge >= 0.3 is 0 Å². The first-order valence-corrected chi connectivity index (χ1v) is 10.7. The van der Waals surface area contributed by atoms with E-state index in [9.17, 15) is 13.2 Å². The van der Waals surface area contributed by atoms with E-state index in [0.29, 0.717) is 18.5 Å². The predicted molar refractivity (Wildman–Crippen MR) is 104 cm³/mol. The van der Waals surface area contributed by atoms with Gasteiger partial charge in [0.1, 0.15) is 12.4 Å². The monoisotopic (exact) mass is 383 g/mol. The van der Waals surface area contributed by atoms with Gasteiger partial charge in [0.15, 0.2) is 9.84 Å². The summed E-state index contributed by atoms with van der Waals surface area (Å²) >= 11 is 0. The molecule has 2 aliphatic rings. The van der Waals surface area contributed by atoms with Crippen LogP contribution in [-0.4, -0.2) is 44.7 Å². The van der Waals surface area contributed by atoms with Gasteiger partial charge in [-0.15, -0.1) is 0 Å². The molecule has 2 aromatic rings. The van der Waals surface area contributed by atoms with Crippen molar-refractivity contribution in [3.8, 4) is 5.75 Å². The zero-order valence-electron chi connectivity index (χ0n) is 14.9. The Morgan fingerprint density at radius 1 is 1.00 bits per heavy atom. The van der Waals surface area contributed by atoms with E-state index in [2.05, 4.69) is 0 Å². The first-order chi connectivity index (χ1) is 13.0. The fraction of sp³-hybridized carbons (Fsp3) is 0.286. The highest BCUT2D eigenvalue weighted by Gasteiger charge is 2.33. The van der Waals surface area contributed by atoms with Crippen LogP contribution in [0.4, 0.5) is 0 Å². The van der Waals surface area contributed by atoms with Crippen LogP contribution in [0.1, 0.15) is 22.8 Å². The molecule has 0 spiro atoms. The van der Waals surface area contributed by atoms with Crippen molar-refractivity contribution in [3.63, 3.8) is 0 Å². The maximum absolute atomic E-state index is 13.0. The molecule has 0 saturated carbocycles. The van der Waals surface area contributed by atoms with Gasteiger partial charge in [-0.25, -0.2) is 8.42 Å². The molecule has 0 radical (unpaired) electrons. The van der Waals surface area contributed by atoms with E-state index >= 15 is 0 Å². The SMILES string of the molecule is O=C(C1=Cc2ccccc2OC1)N1CC[C@@H](c2ccccc2)S(=O)(=O)CC1. The summed E-state index contributed by atoms with van der Waals surface area (Å²) < 4.78 is 31.1. The van der Waals surface area contributed by atoms with Crippen molar-refractivity contribution in [2.45, 2.75) is 11.7 Å². The van der Waals surface area contributed by atoms with Crippen molar-refractivity contribution in [1.82, 2.24) is 4.90 Å². The highest BCUT2D eigenvalue weighted by Crippen LogP contribution is 2.31. The van der Waals surface area contributed by atoms with Crippen LogP contribution in [0.3, 0.4) is 0 Å². The minimum absolute atomic E-state index is 0.0248. The van der Waals surface area contributed by atoms with E-state index in [1.807, 2.05) is 60.7 Å². The lowest BCUT2D eigenvalue weighted by Crippen LogP contribution is -2.36. The van der Waals surface area contributed by atoms with Crippen molar-refractivity contribution in [1.29, 1.82) is 0 Å². The molecule has 1 saturated heterocycles. The largest absolute Gasteiger partial charge is 0.488 e. The Kier molecular flexibility index (Phi) is 4.74. The second-order valence-corrected chi connectivity index (χ2v) is 9.15. The Morgan fingerprint density at radius 3 is 2.56 bits per heavy atom. The average Bonchev–Trinajstić information content (AvgIpc) is 2.85. The Labute approximate surface area is 159 Å². The second kappa shape index (κ2) is 7.19. The highest BCUT2D eigenvalue weighted by atomic mass is 32.2. The number of nitrogens with zero attached hydrogens (tertiary/aromatic N) is 1. The lowest BCUT2D eigenvalue weighted by molar-refractivity contribution is -0.127. The third-order valence-corrected chi connectivity index (χ3v) is 7.23. The molecule has 2 aliphatic heterocycles. The Hall–Kier alpha value is -2.60. The smallest absolute Gasteiger partial charge is 0.253 e. The number of para-hydroxylation sites is 1. The molecule has 0 unspecified atom stereocenters. The third-order valence-electron chi connectivity index (χ3n) is 5.11. The molecular formula is C21H21NO4S. The molecule has 4 rings (SSSR count). The van der Waals surface area contributed by atoms with Crippen LogP contribution in [0.2, 0.25) is 0 Å². The summed E-state index contributed by atoms with van der Waals surface area (Å²) in [5.74, 6) is 0.591. The predicted octanol–water partition coefficient (Wildman–Crippen LogP) is 2.85. The minimum Gasteiger partial charge on any atom is -0.488 e. The van der Waals surface area contributed by atoms with E-state index in [-0.39, 0.29) is 24.8 Å². The zero-order chi connectivity index (χ0) is 18.9. The number of carbonyl (C=O) groups excluding carboxylic acids is 1. The van der Waals surface area contributed by atoms with Gasteiger partial charge in [-0.3, -0.25) is 4.79 Å². The lowest BCUT2D eigenvalue weighted by Gasteiger charge is -2.24. The van der Waals surface area contributed by atoms with E-state index in [1.54, 1.807) is 4.90 Å². The van der Waals surface area contributed by atoms with Crippen molar-refractivity contribution in [2.75, 3.05) is 25.4 Å². The van der Waals surface area contributed by atoms with Gasteiger partial charge in [-0.2, -0.15) is 0 Å². The number of ether oxygens (including phenoxy) is 1. The van der Waals surface area contributed by atoms with Gasteiger partial charge in [0.05, 0.1) is 16.6 Å². The first-order valence-electron chi connectivity index (χ1n) is 9.03. The van der Waals surface area contributed by atoms with Gasteiger partial charge in [0.2, 0.25) is 0 Å². The standard InChI is InChI=1S/C21H21NO4S/c23-21(18-14-17-8-4-5-9-19(17)26-15-18)22-11-10-20(27(24,25)13-12-22)16-6-2-1-3-7-16/h1-9,14,20H,10-13,15H2/t20-/m0/s1. The summed E-state index contributed by atoms with van der Waals surface area (Å²) in [4.78, 5) is 14.6. The maximum atomic E-state index is 13.0. The fourth-order valence-corrected chi connectivity index (χ4v) is 5.43. The molecule has 2 heterocycles. The van der Waals surface area contributed by atoms with Gasteiger partial charge in [-0.1, -0.05) is 48.5 Å². The Balaban J connectivity index is 1.55. The Morgan fingerprint density at radius 2 is 1.74 bits per heavy atom. The average molecular weight is 383 g/mol. The first kappa shape index (κ1) is 17.8. The number of amides is 1. The molecular weight excluding hydrogens is 362 g/mol. The van der Waals surface area contributed by atoms with Gasteiger partial charge in [-0.05, 0) is 24.1 Å². The van der Waals surface area contributed by atoms with Crippen molar-refractivity contribution in [3.05, 3.63) is 71.3 Å². The summed E-state index contributed by atoms with van der Waals surface area (Å²) in [6.07, 6.45) is 2.25. The molecule has 140 valence electrons. The third kappa shape index (κ3) is 3.62. The molecule has 2 aromatic carbocycles. The van der Waals surface area contributed by atoms with E-state index in [0.717, 1.165) is 16.9 Å². The minimum atomic E-state index is -3.30. The van der Waals surface area contributed by atoms with E-state index < -0.39 is 15.1 Å². The molecule has 1 fully saturated rings. The number of benzene rings is 2. The van der Waals surface area contributed by atoms with Crippen molar-refractivity contribution >= 4 is 21.8 Å². The molecule has 5 nitrogen and oxygen atoms in total.